The van der Waals surface area contributed by atoms with Gasteiger partial charge in [-0.2, -0.15) is 0 Å². The van der Waals surface area contributed by atoms with Gasteiger partial charge in [-0.1, -0.05) is 0 Å². The fraction of sp³-hybridized carbons (Fsp3) is 0.125. The third-order valence-electron chi connectivity index (χ3n) is 1.40. The number of ether oxygens (including phenoxy) is 1. The molecule has 0 aliphatic heterocycles. The van der Waals surface area contributed by atoms with Gasteiger partial charge in [0, 0.05) is 11.6 Å². The second kappa shape index (κ2) is 4.92. The molecule has 0 unspecified atom stereocenters. The molecule has 1 aromatic rings. The number of benzene rings is 1. The van der Waals surface area contributed by atoms with E-state index in [0.29, 0.717) is 5.56 Å². The molecule has 0 aliphatic carbocycles. The first-order chi connectivity index (χ1) is 6.06. The molecule has 13 heavy (non-hydrogen) atoms. The second-order valence-corrected chi connectivity index (χ2v) is 5.44. The molecule has 0 N–H and O–H groups in total. The van der Waals surface area contributed by atoms with Gasteiger partial charge in [0.05, 0.1) is 12.7 Å². The Kier molecular flexibility index (Phi) is 4.43. The van der Waals surface area contributed by atoms with E-state index in [9.17, 15) is 4.79 Å². The SMILES string of the molecule is COC(=O)c1cc(I)cc(I)c1Br. The van der Waals surface area contributed by atoms with Crippen LogP contribution in [0.2, 0.25) is 0 Å². The van der Waals surface area contributed by atoms with Gasteiger partial charge in [0.1, 0.15) is 0 Å². The number of carbonyl (C=O) groups excluding carboxylic acids is 1. The maximum absolute atomic E-state index is 11.3. The van der Waals surface area contributed by atoms with Gasteiger partial charge in [-0.15, -0.1) is 0 Å². The summed E-state index contributed by atoms with van der Waals surface area (Å²) in [6.45, 7) is 0. The van der Waals surface area contributed by atoms with Crippen molar-refractivity contribution in [3.63, 3.8) is 0 Å². The minimum Gasteiger partial charge on any atom is -0.465 e. The Labute approximate surface area is 112 Å². The molecule has 1 rings (SSSR count). The Morgan fingerprint density at radius 1 is 1.46 bits per heavy atom. The maximum atomic E-state index is 11.3. The van der Waals surface area contributed by atoms with Gasteiger partial charge in [0.2, 0.25) is 0 Å². The van der Waals surface area contributed by atoms with E-state index in [1.165, 1.54) is 7.11 Å². The van der Waals surface area contributed by atoms with E-state index in [-0.39, 0.29) is 5.97 Å². The standard InChI is InChI=1S/C8H5BrI2O2/c1-13-8(12)5-2-4(10)3-6(11)7(5)9/h2-3H,1H3. The van der Waals surface area contributed by atoms with Gasteiger partial charge in [-0.25, -0.2) is 4.79 Å². The van der Waals surface area contributed by atoms with Gasteiger partial charge in [-0.05, 0) is 73.2 Å². The number of hydrogen-bond acceptors (Lipinski definition) is 2. The van der Waals surface area contributed by atoms with Crippen molar-refractivity contribution in [1.29, 1.82) is 0 Å². The molecule has 0 aromatic heterocycles. The predicted molar refractivity (Wildman–Crippen MR) is 70.9 cm³/mol. The molecular weight excluding hydrogens is 462 g/mol. The minimum atomic E-state index is -0.316. The van der Waals surface area contributed by atoms with Crippen LogP contribution in [0.4, 0.5) is 0 Å². The van der Waals surface area contributed by atoms with Crippen LogP contribution in [0.5, 0.6) is 0 Å². The summed E-state index contributed by atoms with van der Waals surface area (Å²) >= 11 is 7.67. The largest absolute Gasteiger partial charge is 0.465 e. The smallest absolute Gasteiger partial charge is 0.339 e. The predicted octanol–water partition coefficient (Wildman–Crippen LogP) is 3.44. The highest BCUT2D eigenvalue weighted by Crippen LogP contribution is 2.26. The third kappa shape index (κ3) is 2.79. The first kappa shape index (κ1) is 11.7. The average molecular weight is 467 g/mol. The molecule has 0 radical (unpaired) electrons. The van der Waals surface area contributed by atoms with Crippen LogP contribution in [-0.2, 0) is 4.74 Å². The van der Waals surface area contributed by atoms with Crippen molar-refractivity contribution < 1.29 is 9.53 Å². The zero-order valence-corrected chi connectivity index (χ0v) is 12.5. The normalized spacial score (nSPS) is 9.85. The van der Waals surface area contributed by atoms with Crippen LogP contribution in [0.1, 0.15) is 10.4 Å². The molecule has 0 bridgehead atoms. The molecule has 0 saturated heterocycles. The van der Waals surface area contributed by atoms with Crippen LogP contribution >= 0.6 is 61.1 Å². The van der Waals surface area contributed by atoms with Crippen molar-refractivity contribution in [2.24, 2.45) is 0 Å². The fourth-order valence-corrected chi connectivity index (χ4v) is 3.05. The average Bonchev–Trinajstić information content (AvgIpc) is 2.10. The summed E-state index contributed by atoms with van der Waals surface area (Å²) < 4.78 is 7.47. The van der Waals surface area contributed by atoms with E-state index in [4.69, 9.17) is 0 Å². The topological polar surface area (TPSA) is 26.3 Å². The van der Waals surface area contributed by atoms with Crippen molar-refractivity contribution in [2.75, 3.05) is 7.11 Å². The van der Waals surface area contributed by atoms with Crippen molar-refractivity contribution in [2.45, 2.75) is 0 Å². The Balaban J connectivity index is 3.28. The molecule has 5 heteroatoms. The van der Waals surface area contributed by atoms with Crippen LogP contribution in [-0.4, -0.2) is 13.1 Å². The second-order valence-electron chi connectivity index (χ2n) is 2.24. The summed E-state index contributed by atoms with van der Waals surface area (Å²) in [6.07, 6.45) is 0. The van der Waals surface area contributed by atoms with Crippen LogP contribution in [0.15, 0.2) is 16.6 Å². The lowest BCUT2D eigenvalue weighted by Crippen LogP contribution is -2.03. The molecule has 0 fully saturated rings. The Morgan fingerprint density at radius 3 is 2.62 bits per heavy atom. The van der Waals surface area contributed by atoms with E-state index >= 15 is 0 Å². The molecule has 0 saturated carbocycles. The molecule has 0 atom stereocenters. The summed E-state index contributed by atoms with van der Waals surface area (Å²) in [6, 6.07) is 3.77. The monoisotopic (exact) mass is 466 g/mol. The van der Waals surface area contributed by atoms with E-state index in [1.54, 1.807) is 6.07 Å². The molecule has 1 aromatic carbocycles. The first-order valence-electron chi connectivity index (χ1n) is 3.29. The zero-order valence-electron chi connectivity index (χ0n) is 6.61. The lowest BCUT2D eigenvalue weighted by atomic mass is 10.2. The first-order valence-corrected chi connectivity index (χ1v) is 6.24. The van der Waals surface area contributed by atoms with Crippen molar-refractivity contribution in [1.82, 2.24) is 0 Å². The lowest BCUT2D eigenvalue weighted by molar-refractivity contribution is 0.0599. The zero-order chi connectivity index (χ0) is 10.0. The molecule has 2 nitrogen and oxygen atoms in total. The van der Waals surface area contributed by atoms with Gasteiger partial charge in [-0.3, -0.25) is 0 Å². The number of methoxy groups -OCH3 is 1. The van der Waals surface area contributed by atoms with Crippen molar-refractivity contribution in [3.05, 3.63) is 29.3 Å². The summed E-state index contributed by atoms with van der Waals surface area (Å²) in [5.41, 5.74) is 0.568. The minimum absolute atomic E-state index is 0.316. The van der Waals surface area contributed by atoms with E-state index in [0.717, 1.165) is 11.6 Å². The fourth-order valence-electron chi connectivity index (χ4n) is 0.814. The highest BCUT2D eigenvalue weighted by molar-refractivity contribution is 14.1. The van der Waals surface area contributed by atoms with Gasteiger partial charge < -0.3 is 4.74 Å². The van der Waals surface area contributed by atoms with Gasteiger partial charge in [0.25, 0.3) is 0 Å². The summed E-state index contributed by atoms with van der Waals surface area (Å²) in [5.74, 6) is -0.316. The number of halogens is 3. The van der Waals surface area contributed by atoms with Gasteiger partial charge >= 0.3 is 5.97 Å². The van der Waals surface area contributed by atoms with Crippen LogP contribution in [0, 0.1) is 7.14 Å². The van der Waals surface area contributed by atoms with E-state index in [2.05, 4.69) is 65.8 Å². The number of carbonyl (C=O) groups is 1. The van der Waals surface area contributed by atoms with Gasteiger partial charge in [0.15, 0.2) is 0 Å². The van der Waals surface area contributed by atoms with Crippen molar-refractivity contribution >= 4 is 67.1 Å². The Morgan fingerprint density at radius 2 is 2.08 bits per heavy atom. The molecule has 0 amide bonds. The summed E-state index contributed by atoms with van der Waals surface area (Å²) in [5, 5.41) is 0. The van der Waals surface area contributed by atoms with Crippen molar-refractivity contribution in [3.8, 4) is 0 Å². The van der Waals surface area contributed by atoms with E-state index < -0.39 is 0 Å². The van der Waals surface area contributed by atoms with E-state index in [1.807, 2.05) is 6.07 Å². The number of esters is 1. The maximum Gasteiger partial charge on any atom is 0.339 e. The number of rotatable bonds is 1. The Bertz CT molecular complexity index is 352. The highest BCUT2D eigenvalue weighted by Gasteiger charge is 2.13. The van der Waals surface area contributed by atoms with Crippen LogP contribution < -0.4 is 0 Å². The highest BCUT2D eigenvalue weighted by atomic mass is 127. The molecule has 0 aliphatic rings. The third-order valence-corrected chi connectivity index (χ3v) is 4.47. The molecule has 0 spiro atoms. The Hall–Kier alpha value is 0.630. The van der Waals surface area contributed by atoms with Crippen LogP contribution in [0.25, 0.3) is 0 Å². The molecular formula is C8H5BrI2O2. The summed E-state index contributed by atoms with van der Waals surface area (Å²) in [7, 11) is 1.38. The molecule has 0 heterocycles. The molecule has 70 valence electrons. The summed E-state index contributed by atoms with van der Waals surface area (Å²) in [4.78, 5) is 11.3. The lowest BCUT2D eigenvalue weighted by Gasteiger charge is -2.04. The number of hydrogen-bond donors (Lipinski definition) is 0. The van der Waals surface area contributed by atoms with Crippen LogP contribution in [0.3, 0.4) is 0 Å². The quantitative estimate of drug-likeness (QED) is 0.360.